The van der Waals surface area contributed by atoms with E-state index < -0.39 is 10.0 Å². The molecule has 2 aromatic heterocycles. The number of halogens is 1. The quantitative estimate of drug-likeness (QED) is 0.343. The highest BCUT2D eigenvalue weighted by molar-refractivity contribution is 7.88. The number of hydrogen-bond acceptors (Lipinski definition) is 6. The van der Waals surface area contributed by atoms with E-state index in [2.05, 4.69) is 9.72 Å². The number of carbonyl (C=O) groups is 1. The number of fused-ring (bicyclic) bond motifs is 1. The molecule has 9 nitrogen and oxygen atoms in total. The average molecular weight is 554 g/mol. The van der Waals surface area contributed by atoms with Crippen LogP contribution in [0.5, 0.6) is 0 Å². The number of aromatic nitrogens is 3. The van der Waals surface area contributed by atoms with Crippen LogP contribution in [0.2, 0.25) is 5.02 Å². The van der Waals surface area contributed by atoms with Crippen molar-refractivity contribution in [2.75, 3.05) is 24.2 Å². The van der Waals surface area contributed by atoms with Crippen LogP contribution in [0.4, 0.5) is 5.69 Å². The first-order valence-corrected chi connectivity index (χ1v) is 14.8. The normalized spacial score (nSPS) is 20.7. The van der Waals surface area contributed by atoms with Gasteiger partial charge in [-0.1, -0.05) is 22.8 Å². The molecule has 6 rings (SSSR count). The largest absolute Gasteiger partial charge is 0.361 e. The van der Waals surface area contributed by atoms with E-state index in [0.29, 0.717) is 37.4 Å². The maximum atomic E-state index is 13.1. The zero-order valence-corrected chi connectivity index (χ0v) is 23.0. The molecule has 2 fully saturated rings. The molecule has 1 amide bonds. The van der Waals surface area contributed by atoms with Crippen LogP contribution in [0.25, 0.3) is 22.2 Å². The summed E-state index contributed by atoms with van der Waals surface area (Å²) in [5.41, 5.74) is 5.15. The number of imidazole rings is 1. The van der Waals surface area contributed by atoms with Crippen LogP contribution in [0.1, 0.15) is 48.6 Å². The molecule has 0 N–H and O–H groups in total. The number of carbonyl (C=O) groups excluding carboxylic acids is 1. The predicted octanol–water partition coefficient (Wildman–Crippen LogP) is 5.04. The predicted molar refractivity (Wildman–Crippen MR) is 146 cm³/mol. The van der Waals surface area contributed by atoms with Gasteiger partial charge < -0.3 is 14.0 Å². The molecule has 2 aliphatic heterocycles. The van der Waals surface area contributed by atoms with E-state index in [1.807, 2.05) is 44.2 Å². The summed E-state index contributed by atoms with van der Waals surface area (Å²) >= 11 is 6.12. The Balaban J connectivity index is 1.50. The van der Waals surface area contributed by atoms with Crippen LogP contribution in [0, 0.1) is 13.8 Å². The van der Waals surface area contributed by atoms with Gasteiger partial charge in [-0.3, -0.25) is 4.79 Å². The summed E-state index contributed by atoms with van der Waals surface area (Å²) in [6.45, 7) is 4.61. The fourth-order valence-electron chi connectivity index (χ4n) is 5.86. The van der Waals surface area contributed by atoms with Crippen molar-refractivity contribution in [1.82, 2.24) is 19.0 Å². The SMILES string of the molecule is Cc1noc(C)c1-c1ccc2c(c1)nc(C1CCC(=O)N1c1ccc(Cl)cc1)n2C1CCN(S(C)(=O)=O)C1. The highest BCUT2D eigenvalue weighted by Crippen LogP contribution is 2.41. The maximum Gasteiger partial charge on any atom is 0.227 e. The second-order valence-electron chi connectivity index (χ2n) is 10.1. The summed E-state index contributed by atoms with van der Waals surface area (Å²) in [5.74, 6) is 1.52. The molecular weight excluding hydrogens is 526 g/mol. The molecule has 4 heterocycles. The van der Waals surface area contributed by atoms with E-state index in [1.54, 1.807) is 17.0 Å². The van der Waals surface area contributed by atoms with Crippen LogP contribution in [0.15, 0.2) is 47.0 Å². The van der Waals surface area contributed by atoms with Crippen LogP contribution >= 0.6 is 11.6 Å². The first-order chi connectivity index (χ1) is 18.1. The summed E-state index contributed by atoms with van der Waals surface area (Å²) in [5, 5.41) is 4.69. The van der Waals surface area contributed by atoms with Crippen molar-refractivity contribution < 1.29 is 17.7 Å². The van der Waals surface area contributed by atoms with Crippen molar-refractivity contribution in [3.8, 4) is 11.1 Å². The number of amides is 1. The number of benzene rings is 2. The number of rotatable bonds is 5. The lowest BCUT2D eigenvalue weighted by Gasteiger charge is -2.27. The molecule has 0 spiro atoms. The molecule has 0 radical (unpaired) electrons. The van der Waals surface area contributed by atoms with Gasteiger partial charge in [-0.2, -0.15) is 0 Å². The second-order valence-corrected chi connectivity index (χ2v) is 12.5. The first-order valence-electron chi connectivity index (χ1n) is 12.6. The standard InChI is InChI=1S/C27H28ClN5O4S/c1-16-26(17(2)37-30-16)18-4-9-23-22(14-18)29-27(33(23)21-12-13-31(15-21)38(3,35)36)24-10-11-25(34)32(24)20-7-5-19(28)6-8-20/h4-9,14,21,24H,10-13,15H2,1-3H3. The lowest BCUT2D eigenvalue weighted by molar-refractivity contribution is -0.117. The molecule has 2 atom stereocenters. The number of hydrogen-bond donors (Lipinski definition) is 0. The lowest BCUT2D eigenvalue weighted by atomic mass is 10.0. The zero-order chi connectivity index (χ0) is 26.8. The molecule has 0 saturated carbocycles. The topological polar surface area (TPSA) is 102 Å². The van der Waals surface area contributed by atoms with E-state index in [4.69, 9.17) is 21.1 Å². The van der Waals surface area contributed by atoms with Gasteiger partial charge in [-0.05, 0) is 68.7 Å². The minimum absolute atomic E-state index is 0.0246. The van der Waals surface area contributed by atoms with Crippen molar-refractivity contribution >= 4 is 44.3 Å². The third-order valence-corrected chi connectivity index (χ3v) is 9.14. The Morgan fingerprint density at radius 1 is 1.08 bits per heavy atom. The van der Waals surface area contributed by atoms with Crippen molar-refractivity contribution in [2.24, 2.45) is 0 Å². The van der Waals surface area contributed by atoms with Gasteiger partial charge in [-0.25, -0.2) is 17.7 Å². The Bertz CT molecular complexity index is 1640. The number of aryl methyl sites for hydroxylation is 2. The summed E-state index contributed by atoms with van der Waals surface area (Å²) in [6.07, 6.45) is 2.93. The summed E-state index contributed by atoms with van der Waals surface area (Å²) in [4.78, 5) is 20.0. The van der Waals surface area contributed by atoms with Crippen LogP contribution in [-0.4, -0.2) is 52.7 Å². The molecule has 198 valence electrons. The monoisotopic (exact) mass is 553 g/mol. The van der Waals surface area contributed by atoms with E-state index in [0.717, 1.165) is 45.1 Å². The Kier molecular flexibility index (Phi) is 6.08. The van der Waals surface area contributed by atoms with Crippen molar-refractivity contribution in [3.05, 3.63) is 64.8 Å². The van der Waals surface area contributed by atoms with Crippen molar-refractivity contribution in [3.63, 3.8) is 0 Å². The lowest BCUT2D eigenvalue weighted by Crippen LogP contribution is -2.31. The van der Waals surface area contributed by atoms with Gasteiger partial charge in [0.05, 0.1) is 35.1 Å². The van der Waals surface area contributed by atoms with Crippen molar-refractivity contribution in [1.29, 1.82) is 0 Å². The van der Waals surface area contributed by atoms with Gasteiger partial charge in [0.1, 0.15) is 11.6 Å². The first kappa shape index (κ1) is 25.1. The zero-order valence-electron chi connectivity index (χ0n) is 21.4. The Labute approximate surface area is 226 Å². The highest BCUT2D eigenvalue weighted by Gasteiger charge is 2.39. The molecule has 0 aliphatic carbocycles. The van der Waals surface area contributed by atoms with E-state index in [1.165, 1.54) is 10.6 Å². The van der Waals surface area contributed by atoms with E-state index >= 15 is 0 Å². The smallest absolute Gasteiger partial charge is 0.227 e. The molecule has 4 aromatic rings. The van der Waals surface area contributed by atoms with Crippen LogP contribution < -0.4 is 4.90 Å². The summed E-state index contributed by atoms with van der Waals surface area (Å²) in [7, 11) is -3.32. The number of sulfonamides is 1. The van der Waals surface area contributed by atoms with Crippen LogP contribution in [-0.2, 0) is 14.8 Å². The van der Waals surface area contributed by atoms with Crippen LogP contribution in [0.3, 0.4) is 0 Å². The van der Waals surface area contributed by atoms with Gasteiger partial charge in [0, 0.05) is 35.8 Å². The van der Waals surface area contributed by atoms with Gasteiger partial charge >= 0.3 is 0 Å². The summed E-state index contributed by atoms with van der Waals surface area (Å²) < 4.78 is 33.7. The fourth-order valence-corrected chi connectivity index (χ4v) is 6.87. The number of anilines is 1. The molecular formula is C27H28ClN5O4S. The molecule has 2 aliphatic rings. The Morgan fingerprint density at radius 3 is 2.50 bits per heavy atom. The molecule has 38 heavy (non-hydrogen) atoms. The van der Waals surface area contributed by atoms with E-state index in [-0.39, 0.29) is 18.0 Å². The second kappa shape index (κ2) is 9.21. The van der Waals surface area contributed by atoms with Gasteiger partial charge in [0.15, 0.2) is 0 Å². The van der Waals surface area contributed by atoms with Gasteiger partial charge in [-0.15, -0.1) is 0 Å². The number of nitrogens with zero attached hydrogens (tertiary/aromatic N) is 5. The average Bonchev–Trinajstić information content (AvgIpc) is 3.64. The summed E-state index contributed by atoms with van der Waals surface area (Å²) in [6, 6.07) is 12.9. The fraction of sp³-hybridized carbons (Fsp3) is 0.370. The third-order valence-electron chi connectivity index (χ3n) is 7.61. The highest BCUT2D eigenvalue weighted by atomic mass is 35.5. The minimum atomic E-state index is -3.32. The van der Waals surface area contributed by atoms with Gasteiger partial charge in [0.25, 0.3) is 0 Å². The molecule has 2 aromatic carbocycles. The minimum Gasteiger partial charge on any atom is -0.361 e. The maximum absolute atomic E-state index is 13.1. The third kappa shape index (κ3) is 4.20. The molecule has 2 unspecified atom stereocenters. The Hall–Kier alpha value is -3.21. The van der Waals surface area contributed by atoms with Gasteiger partial charge in [0.2, 0.25) is 15.9 Å². The van der Waals surface area contributed by atoms with Crippen molar-refractivity contribution in [2.45, 2.75) is 45.2 Å². The molecule has 0 bridgehead atoms. The Morgan fingerprint density at radius 2 is 1.84 bits per heavy atom. The molecule has 11 heteroatoms. The van der Waals surface area contributed by atoms with E-state index in [9.17, 15) is 13.2 Å². The molecule has 2 saturated heterocycles.